The van der Waals surface area contributed by atoms with Gasteiger partial charge in [0, 0.05) is 18.5 Å². The number of carbonyl (C=O) groups is 2. The lowest BCUT2D eigenvalue weighted by molar-refractivity contribution is -0.0317. The average Bonchev–Trinajstić information content (AvgIpc) is 3.16. The van der Waals surface area contributed by atoms with Crippen LogP contribution in [0.3, 0.4) is 0 Å². The number of hydrogen-bond donors (Lipinski definition) is 2. The molecule has 2 bridgehead atoms. The highest BCUT2D eigenvalue weighted by Crippen LogP contribution is 2.41. The van der Waals surface area contributed by atoms with E-state index in [0.29, 0.717) is 36.6 Å². The van der Waals surface area contributed by atoms with E-state index < -0.39 is 40.2 Å². The zero-order valence-electron chi connectivity index (χ0n) is 17.3. The number of hydroxylamine groups is 2. The SMILES string of the molecule is CC(C)(C)OC(=O)NC1CC(c2nnc([C@@H]3CC[C@H]4CN3C(=O)N4OS(=O)(=O)O)o2)C1. The summed E-state index contributed by atoms with van der Waals surface area (Å²) in [6.07, 6.45) is 1.73. The molecule has 0 radical (unpaired) electrons. The monoisotopic (exact) mass is 459 g/mol. The summed E-state index contributed by atoms with van der Waals surface area (Å²) in [7, 11) is -4.80. The third-order valence-electron chi connectivity index (χ3n) is 5.45. The van der Waals surface area contributed by atoms with Gasteiger partial charge in [-0.15, -0.1) is 14.5 Å². The standard InChI is InChI=1S/C17H25N5O8S/c1-17(2,3)29-15(23)18-10-6-9(7-10)13-19-20-14(28-13)12-5-4-11-8-21(12)16(24)22(11)30-31(25,26)27/h9-12H,4-8H2,1-3H3,(H,18,23)(H,25,26,27)/t9?,10?,11-,12-/m0/s1. The van der Waals surface area contributed by atoms with Crippen LogP contribution in [0.15, 0.2) is 4.42 Å². The highest BCUT2D eigenvalue weighted by atomic mass is 32.3. The number of aromatic nitrogens is 2. The maximum absolute atomic E-state index is 12.5. The fourth-order valence-corrected chi connectivity index (χ4v) is 4.43. The Morgan fingerprint density at radius 2 is 1.90 bits per heavy atom. The summed E-state index contributed by atoms with van der Waals surface area (Å²) in [5.74, 6) is 0.683. The van der Waals surface area contributed by atoms with Crippen molar-refractivity contribution < 1.29 is 36.0 Å². The number of fused-ring (bicyclic) bond motifs is 2. The molecule has 0 aromatic carbocycles. The van der Waals surface area contributed by atoms with Crippen molar-refractivity contribution in [2.45, 2.75) is 76.1 Å². The van der Waals surface area contributed by atoms with Crippen LogP contribution in [0.4, 0.5) is 9.59 Å². The third-order valence-corrected chi connectivity index (χ3v) is 5.80. The normalized spacial score (nSPS) is 28.5. The second kappa shape index (κ2) is 7.60. The van der Waals surface area contributed by atoms with Gasteiger partial charge >= 0.3 is 22.5 Å². The second-order valence-electron chi connectivity index (χ2n) is 9.00. The number of hydrogen-bond acceptors (Lipinski definition) is 9. The lowest BCUT2D eigenvalue weighted by atomic mass is 9.80. The van der Waals surface area contributed by atoms with E-state index in [1.165, 1.54) is 4.90 Å². The highest BCUT2D eigenvalue weighted by molar-refractivity contribution is 7.80. The van der Waals surface area contributed by atoms with Crippen LogP contribution in [0.2, 0.25) is 0 Å². The minimum Gasteiger partial charge on any atom is -0.444 e. The number of piperidine rings is 1. The van der Waals surface area contributed by atoms with Gasteiger partial charge in [0.2, 0.25) is 11.8 Å². The van der Waals surface area contributed by atoms with Crippen LogP contribution >= 0.6 is 0 Å². The van der Waals surface area contributed by atoms with Crippen molar-refractivity contribution in [3.63, 3.8) is 0 Å². The molecular formula is C17H25N5O8S. The molecule has 2 N–H and O–H groups in total. The molecule has 31 heavy (non-hydrogen) atoms. The van der Waals surface area contributed by atoms with Gasteiger partial charge in [0.15, 0.2) is 0 Å². The first kappa shape index (κ1) is 21.8. The Labute approximate surface area is 179 Å². The van der Waals surface area contributed by atoms with Gasteiger partial charge in [0.25, 0.3) is 0 Å². The van der Waals surface area contributed by atoms with E-state index in [1.807, 2.05) is 0 Å². The second-order valence-corrected chi connectivity index (χ2v) is 10.0. The number of urea groups is 1. The van der Waals surface area contributed by atoms with Gasteiger partial charge in [-0.3, -0.25) is 4.55 Å². The smallest absolute Gasteiger partial charge is 0.418 e. The molecule has 172 valence electrons. The number of carbonyl (C=O) groups excluding carboxylic acids is 2. The Bertz CT molecular complexity index is 967. The van der Waals surface area contributed by atoms with E-state index in [1.54, 1.807) is 20.8 Å². The number of rotatable bonds is 5. The molecule has 0 unspecified atom stereocenters. The molecule has 2 aliphatic heterocycles. The Kier molecular flexibility index (Phi) is 5.34. The summed E-state index contributed by atoms with van der Waals surface area (Å²) >= 11 is 0. The van der Waals surface area contributed by atoms with E-state index in [0.717, 1.165) is 0 Å². The maximum atomic E-state index is 12.5. The molecule has 3 amide bonds. The van der Waals surface area contributed by atoms with Crippen LogP contribution < -0.4 is 5.32 Å². The van der Waals surface area contributed by atoms with Crippen LogP contribution in [-0.2, 0) is 19.4 Å². The molecule has 13 nitrogen and oxygen atoms in total. The zero-order valence-corrected chi connectivity index (χ0v) is 18.2. The molecule has 1 aromatic heterocycles. The minimum atomic E-state index is -4.80. The Morgan fingerprint density at radius 3 is 2.55 bits per heavy atom. The summed E-state index contributed by atoms with van der Waals surface area (Å²) in [6.45, 7) is 5.61. The molecule has 1 saturated carbocycles. The molecule has 2 saturated heterocycles. The first-order valence-corrected chi connectivity index (χ1v) is 11.4. The number of alkyl carbamates (subject to hydrolysis) is 1. The van der Waals surface area contributed by atoms with Gasteiger partial charge in [0.05, 0.1) is 6.04 Å². The van der Waals surface area contributed by atoms with Crippen molar-refractivity contribution in [2.75, 3.05) is 6.54 Å². The predicted molar refractivity (Wildman–Crippen MR) is 102 cm³/mol. The quantitative estimate of drug-likeness (QED) is 0.617. The first-order chi connectivity index (χ1) is 14.4. The summed E-state index contributed by atoms with van der Waals surface area (Å²) in [5, 5.41) is 11.6. The summed E-state index contributed by atoms with van der Waals surface area (Å²) in [4.78, 5) is 25.7. The molecule has 3 fully saturated rings. The molecule has 3 heterocycles. The van der Waals surface area contributed by atoms with Crippen LogP contribution in [0.1, 0.15) is 70.2 Å². The van der Waals surface area contributed by atoms with Crippen LogP contribution in [0.25, 0.3) is 0 Å². The van der Waals surface area contributed by atoms with Crippen molar-refractivity contribution in [1.29, 1.82) is 0 Å². The Hall–Kier alpha value is -2.45. The molecule has 0 spiro atoms. The van der Waals surface area contributed by atoms with Crippen molar-refractivity contribution in [3.05, 3.63) is 11.8 Å². The lowest BCUT2D eigenvalue weighted by Crippen LogP contribution is -2.45. The average molecular weight is 459 g/mol. The maximum Gasteiger partial charge on any atom is 0.418 e. The van der Waals surface area contributed by atoms with Crippen molar-refractivity contribution in [1.82, 2.24) is 25.5 Å². The van der Waals surface area contributed by atoms with Crippen LogP contribution in [0.5, 0.6) is 0 Å². The topological polar surface area (TPSA) is 164 Å². The van der Waals surface area contributed by atoms with E-state index in [2.05, 4.69) is 19.8 Å². The zero-order chi connectivity index (χ0) is 22.6. The van der Waals surface area contributed by atoms with Gasteiger partial charge < -0.3 is 19.4 Å². The van der Waals surface area contributed by atoms with E-state index in [-0.39, 0.29) is 24.4 Å². The Morgan fingerprint density at radius 1 is 1.23 bits per heavy atom. The number of amides is 3. The van der Waals surface area contributed by atoms with Gasteiger partial charge in [-0.1, -0.05) is 0 Å². The highest BCUT2D eigenvalue weighted by Gasteiger charge is 2.49. The molecule has 2 atom stereocenters. The minimum absolute atomic E-state index is 0.00818. The fourth-order valence-electron chi connectivity index (χ4n) is 4.05. The van der Waals surface area contributed by atoms with Gasteiger partial charge in [0.1, 0.15) is 11.6 Å². The van der Waals surface area contributed by atoms with E-state index in [9.17, 15) is 18.0 Å². The molecule has 4 rings (SSSR count). The number of nitrogens with zero attached hydrogens (tertiary/aromatic N) is 4. The van der Waals surface area contributed by atoms with E-state index in [4.69, 9.17) is 13.7 Å². The fraction of sp³-hybridized carbons (Fsp3) is 0.765. The molecule has 3 aliphatic rings. The summed E-state index contributed by atoms with van der Waals surface area (Å²) < 4.78 is 46.3. The summed E-state index contributed by atoms with van der Waals surface area (Å²) in [5.41, 5.74) is -0.567. The van der Waals surface area contributed by atoms with Gasteiger partial charge in [-0.25, -0.2) is 9.59 Å². The Balaban J connectivity index is 1.34. The molecule has 1 aromatic rings. The first-order valence-electron chi connectivity index (χ1n) is 9.99. The molecule has 14 heteroatoms. The molecule has 1 aliphatic carbocycles. The van der Waals surface area contributed by atoms with Crippen molar-refractivity contribution in [2.24, 2.45) is 0 Å². The van der Waals surface area contributed by atoms with Crippen LogP contribution in [0, 0.1) is 0 Å². The number of nitrogens with one attached hydrogen (secondary N) is 1. The van der Waals surface area contributed by atoms with Crippen molar-refractivity contribution in [3.8, 4) is 0 Å². The molecular weight excluding hydrogens is 434 g/mol. The largest absolute Gasteiger partial charge is 0.444 e. The third kappa shape index (κ3) is 4.75. The predicted octanol–water partition coefficient (Wildman–Crippen LogP) is 1.52. The van der Waals surface area contributed by atoms with Crippen LogP contribution in [-0.4, -0.2) is 69.5 Å². The van der Waals surface area contributed by atoms with E-state index >= 15 is 0 Å². The van der Waals surface area contributed by atoms with Crippen molar-refractivity contribution >= 4 is 22.5 Å². The van der Waals surface area contributed by atoms with Gasteiger partial charge in [-0.2, -0.15) is 13.5 Å². The summed E-state index contributed by atoms with van der Waals surface area (Å²) in [6, 6.07) is -1.72. The van der Waals surface area contributed by atoms with Gasteiger partial charge in [-0.05, 0) is 46.5 Å². The lowest BCUT2D eigenvalue weighted by Gasteiger charge is -2.34. The number of ether oxygens (including phenoxy) is 1.